The molecule has 1 aromatic heterocycles. The van der Waals surface area contributed by atoms with Gasteiger partial charge in [-0.25, -0.2) is 9.59 Å². The Balaban J connectivity index is 1.95. The van der Waals surface area contributed by atoms with Gasteiger partial charge in [-0.2, -0.15) is 0 Å². The Kier molecular flexibility index (Phi) is 6.64. The van der Waals surface area contributed by atoms with Crippen molar-refractivity contribution in [1.82, 2.24) is 15.6 Å². The molecule has 3 rings (SSSR count). The van der Waals surface area contributed by atoms with E-state index in [4.69, 9.17) is 9.47 Å². The smallest absolute Gasteiger partial charge is 0.408 e. The number of fused-ring (bicyclic) bond motifs is 1. The van der Waals surface area contributed by atoms with Gasteiger partial charge in [0.15, 0.2) is 11.3 Å². The van der Waals surface area contributed by atoms with Gasteiger partial charge in [0.1, 0.15) is 17.3 Å². The number of thioether (sulfide) groups is 1. The number of rotatable bonds is 5. The van der Waals surface area contributed by atoms with Crippen LogP contribution in [-0.2, 0) is 19.1 Å². The van der Waals surface area contributed by atoms with Gasteiger partial charge in [0, 0.05) is 11.9 Å². The molecule has 33 heavy (non-hydrogen) atoms. The van der Waals surface area contributed by atoms with E-state index < -0.39 is 46.7 Å². The highest BCUT2D eigenvalue weighted by molar-refractivity contribution is 8.04. The summed E-state index contributed by atoms with van der Waals surface area (Å²) in [7, 11) is 0. The number of nitrogens with one attached hydrogen (secondary N) is 2. The van der Waals surface area contributed by atoms with E-state index >= 15 is 0 Å². The summed E-state index contributed by atoms with van der Waals surface area (Å²) in [5.41, 5.74) is -2.76. The molecule has 2 atom stereocenters. The first-order valence-corrected chi connectivity index (χ1v) is 11.3. The number of amides is 2. The van der Waals surface area contributed by atoms with Crippen molar-refractivity contribution in [3.63, 3.8) is 0 Å². The van der Waals surface area contributed by atoms with Gasteiger partial charge in [0.2, 0.25) is 11.7 Å². The summed E-state index contributed by atoms with van der Waals surface area (Å²) in [6.45, 7) is 8.02. The number of ketones is 2. The molecule has 2 aliphatic rings. The number of pyridine rings is 1. The van der Waals surface area contributed by atoms with Gasteiger partial charge >= 0.3 is 12.1 Å². The fourth-order valence-corrected chi connectivity index (χ4v) is 4.77. The molecule has 0 saturated heterocycles. The van der Waals surface area contributed by atoms with Crippen LogP contribution in [0.2, 0.25) is 0 Å². The summed E-state index contributed by atoms with van der Waals surface area (Å²) in [4.78, 5) is 68.5. The van der Waals surface area contributed by atoms with E-state index in [0.29, 0.717) is 0 Å². The summed E-state index contributed by atoms with van der Waals surface area (Å²) in [6, 6.07) is 1.85. The lowest BCUT2D eigenvalue weighted by atomic mass is 9.81. The van der Waals surface area contributed by atoms with Crippen LogP contribution in [0.15, 0.2) is 28.8 Å². The lowest BCUT2D eigenvalue weighted by Crippen LogP contribution is -2.62. The molecule has 176 valence electrons. The van der Waals surface area contributed by atoms with Gasteiger partial charge in [-0.05, 0) is 46.8 Å². The molecule has 0 radical (unpaired) electrons. The fourth-order valence-electron chi connectivity index (χ4n) is 3.44. The molecule has 11 heteroatoms. The third kappa shape index (κ3) is 4.63. The van der Waals surface area contributed by atoms with Gasteiger partial charge in [-0.1, -0.05) is 0 Å². The lowest BCUT2D eigenvalue weighted by Gasteiger charge is -2.32. The highest BCUT2D eigenvalue weighted by atomic mass is 32.2. The molecule has 2 heterocycles. The number of esters is 1. The maximum atomic E-state index is 13.3. The third-order valence-electron chi connectivity index (χ3n) is 4.87. The van der Waals surface area contributed by atoms with Crippen molar-refractivity contribution in [3.8, 4) is 0 Å². The van der Waals surface area contributed by atoms with Crippen molar-refractivity contribution in [1.29, 1.82) is 0 Å². The number of ether oxygens (including phenoxy) is 2. The molecule has 0 saturated carbocycles. The van der Waals surface area contributed by atoms with E-state index in [1.165, 1.54) is 25.3 Å². The fraction of sp³-hybridized carbons (Fsp3) is 0.455. The predicted molar refractivity (Wildman–Crippen MR) is 119 cm³/mol. The van der Waals surface area contributed by atoms with Crippen molar-refractivity contribution < 1.29 is 33.4 Å². The zero-order valence-electron chi connectivity index (χ0n) is 18.9. The number of nitrogens with zero attached hydrogens (tertiary/aromatic N) is 1. The molecule has 0 spiro atoms. The van der Waals surface area contributed by atoms with Crippen LogP contribution in [0.5, 0.6) is 0 Å². The van der Waals surface area contributed by atoms with E-state index in [1.807, 2.05) is 0 Å². The van der Waals surface area contributed by atoms with E-state index in [1.54, 1.807) is 27.7 Å². The minimum absolute atomic E-state index is 0.000282. The number of alkyl carbamates (subject to hydrolysis) is 1. The van der Waals surface area contributed by atoms with E-state index in [2.05, 4.69) is 15.6 Å². The van der Waals surface area contributed by atoms with Crippen molar-refractivity contribution in [3.05, 3.63) is 40.1 Å². The maximum absolute atomic E-state index is 13.3. The average molecular weight is 476 g/mol. The Hall–Kier alpha value is -3.21. The van der Waals surface area contributed by atoms with Gasteiger partial charge in [0.25, 0.3) is 0 Å². The Labute approximate surface area is 194 Å². The molecule has 1 unspecified atom stereocenters. The van der Waals surface area contributed by atoms with Crippen LogP contribution >= 0.6 is 11.8 Å². The third-order valence-corrected chi connectivity index (χ3v) is 6.13. The second-order valence-corrected chi connectivity index (χ2v) is 9.52. The molecule has 0 bridgehead atoms. The van der Waals surface area contributed by atoms with Gasteiger partial charge in [-0.15, -0.1) is 11.8 Å². The second-order valence-electron chi connectivity index (χ2n) is 8.53. The van der Waals surface area contributed by atoms with Crippen LogP contribution in [0.4, 0.5) is 4.79 Å². The van der Waals surface area contributed by atoms with E-state index in [9.17, 15) is 24.0 Å². The highest BCUT2D eigenvalue weighted by Crippen LogP contribution is 2.45. The molecule has 10 nitrogen and oxygen atoms in total. The van der Waals surface area contributed by atoms with Crippen LogP contribution in [0.1, 0.15) is 55.5 Å². The van der Waals surface area contributed by atoms with Crippen molar-refractivity contribution in [2.24, 2.45) is 0 Å². The number of Topliss-reactive ketones (excluding diaryl/α,β-unsaturated/α-hetero) is 2. The molecule has 2 N–H and O–H groups in total. The summed E-state index contributed by atoms with van der Waals surface area (Å²) in [6.07, 6.45) is 0.583. The second kappa shape index (κ2) is 8.97. The van der Waals surface area contributed by atoms with Gasteiger partial charge < -0.3 is 20.1 Å². The normalized spacial score (nSPS) is 20.5. The minimum Gasteiger partial charge on any atom is -0.464 e. The lowest BCUT2D eigenvalue weighted by molar-refractivity contribution is -0.150. The van der Waals surface area contributed by atoms with Crippen LogP contribution in [0.25, 0.3) is 0 Å². The zero-order valence-corrected chi connectivity index (χ0v) is 19.8. The molecule has 1 aliphatic carbocycles. The molecular formula is C22H25N3O7S. The number of carbonyl (C=O) groups is 5. The Morgan fingerprint density at radius 1 is 1.24 bits per heavy atom. The van der Waals surface area contributed by atoms with Crippen LogP contribution in [-0.4, -0.2) is 64.1 Å². The Morgan fingerprint density at radius 3 is 2.58 bits per heavy atom. The summed E-state index contributed by atoms with van der Waals surface area (Å²) in [5, 5.41) is 4.97. The first-order chi connectivity index (χ1) is 15.4. The van der Waals surface area contributed by atoms with Crippen molar-refractivity contribution in [2.75, 3.05) is 12.4 Å². The molecule has 0 aromatic carbocycles. The van der Waals surface area contributed by atoms with E-state index in [-0.39, 0.29) is 34.1 Å². The largest absolute Gasteiger partial charge is 0.464 e. The van der Waals surface area contributed by atoms with Gasteiger partial charge in [-0.3, -0.25) is 19.4 Å². The van der Waals surface area contributed by atoms with Crippen LogP contribution in [0.3, 0.4) is 0 Å². The number of hydrogen-bond donors (Lipinski definition) is 2. The molecule has 2 amide bonds. The Morgan fingerprint density at radius 2 is 1.94 bits per heavy atom. The maximum Gasteiger partial charge on any atom is 0.408 e. The van der Waals surface area contributed by atoms with E-state index in [0.717, 1.165) is 11.8 Å². The van der Waals surface area contributed by atoms with Crippen LogP contribution < -0.4 is 10.6 Å². The standard InChI is InChI=1S/C22H25N3O7S/c1-6-31-19(29)22(25-18(28)11(2)24-20(30)32-21(3,4)5)10-33-17-13(22)15(26)12-8-7-9-23-14(12)16(17)27/h7-9,11H,6,10H2,1-5H3,(H,24,30)(H,25,28)/t11-,22?/m0/s1. The predicted octanol–water partition coefficient (Wildman–Crippen LogP) is 1.79. The number of hydrogen-bond acceptors (Lipinski definition) is 9. The number of aromatic nitrogens is 1. The monoisotopic (exact) mass is 475 g/mol. The summed E-state index contributed by atoms with van der Waals surface area (Å²) < 4.78 is 10.3. The minimum atomic E-state index is -1.89. The quantitative estimate of drug-likeness (QED) is 0.610. The Bertz CT molecular complexity index is 1080. The summed E-state index contributed by atoms with van der Waals surface area (Å²) in [5.74, 6) is -2.81. The highest BCUT2D eigenvalue weighted by Gasteiger charge is 2.57. The molecule has 1 aliphatic heterocycles. The average Bonchev–Trinajstić information content (AvgIpc) is 3.11. The molecule has 0 fully saturated rings. The SMILES string of the molecule is CCOC(=O)C1(NC(=O)[C@H](C)NC(=O)OC(C)(C)C)CSC2=C1C(=O)c1cccnc1C2=O. The van der Waals surface area contributed by atoms with Crippen LogP contribution in [0, 0.1) is 0 Å². The molecule has 1 aromatic rings. The number of allylic oxidation sites excluding steroid dienone is 1. The first-order valence-electron chi connectivity index (χ1n) is 10.3. The summed E-state index contributed by atoms with van der Waals surface area (Å²) >= 11 is 0.980. The number of carbonyl (C=O) groups excluding carboxylic acids is 5. The first kappa shape index (κ1) is 24.4. The van der Waals surface area contributed by atoms with Crippen molar-refractivity contribution >= 4 is 41.3 Å². The zero-order chi connectivity index (χ0) is 24.6. The topological polar surface area (TPSA) is 141 Å². The van der Waals surface area contributed by atoms with Gasteiger partial charge in [0.05, 0.1) is 22.6 Å². The van der Waals surface area contributed by atoms with Crippen molar-refractivity contribution in [2.45, 2.75) is 51.8 Å². The molecular weight excluding hydrogens is 450 g/mol.